The number of carbonyl (C=O) groups excluding carboxylic acids is 1. The van der Waals surface area contributed by atoms with E-state index in [4.69, 9.17) is 16.6 Å². The molecule has 0 unspecified atom stereocenters. The van der Waals surface area contributed by atoms with E-state index < -0.39 is 0 Å². The Morgan fingerprint density at radius 3 is 2.54 bits per heavy atom. The van der Waals surface area contributed by atoms with Crippen LogP contribution in [0.5, 0.6) is 0 Å². The van der Waals surface area contributed by atoms with Gasteiger partial charge in [0.2, 0.25) is 0 Å². The number of carbonyl (C=O) groups is 1. The van der Waals surface area contributed by atoms with Gasteiger partial charge in [-0.25, -0.2) is 4.98 Å². The number of pyridine rings is 1. The molecule has 0 radical (unpaired) electrons. The van der Waals surface area contributed by atoms with Gasteiger partial charge in [0.1, 0.15) is 5.65 Å². The Morgan fingerprint density at radius 2 is 1.81 bits per heavy atom. The van der Waals surface area contributed by atoms with Crippen molar-refractivity contribution in [3.63, 3.8) is 0 Å². The lowest BCUT2D eigenvalue weighted by Gasteiger charge is -2.07. The van der Waals surface area contributed by atoms with Gasteiger partial charge in [-0.3, -0.25) is 4.79 Å². The number of rotatable bonds is 3. The van der Waals surface area contributed by atoms with Crippen LogP contribution in [0.25, 0.3) is 16.9 Å². The largest absolute Gasteiger partial charge is 0.322 e. The van der Waals surface area contributed by atoms with Crippen molar-refractivity contribution in [1.82, 2.24) is 9.38 Å². The van der Waals surface area contributed by atoms with E-state index in [0.717, 1.165) is 22.5 Å². The van der Waals surface area contributed by atoms with Gasteiger partial charge in [0.05, 0.1) is 16.3 Å². The molecule has 2 aromatic carbocycles. The van der Waals surface area contributed by atoms with Crippen LogP contribution in [0.3, 0.4) is 0 Å². The zero-order chi connectivity index (χ0) is 18.1. The topological polar surface area (TPSA) is 46.4 Å². The number of aromatic nitrogens is 2. The summed E-state index contributed by atoms with van der Waals surface area (Å²) >= 11 is 6.07. The van der Waals surface area contributed by atoms with E-state index in [1.54, 1.807) is 24.3 Å². The van der Waals surface area contributed by atoms with E-state index >= 15 is 0 Å². The highest BCUT2D eigenvalue weighted by Gasteiger charge is 2.10. The van der Waals surface area contributed by atoms with Crippen molar-refractivity contribution in [2.45, 2.75) is 6.92 Å². The van der Waals surface area contributed by atoms with E-state index in [1.165, 1.54) is 0 Å². The van der Waals surface area contributed by atoms with E-state index in [9.17, 15) is 4.79 Å². The Hall–Kier alpha value is -3.11. The molecule has 1 N–H and O–H groups in total. The summed E-state index contributed by atoms with van der Waals surface area (Å²) in [4.78, 5) is 17.0. The molecule has 0 atom stereocenters. The number of benzene rings is 2. The minimum absolute atomic E-state index is 0.230. The first-order chi connectivity index (χ1) is 12.6. The van der Waals surface area contributed by atoms with Gasteiger partial charge >= 0.3 is 0 Å². The summed E-state index contributed by atoms with van der Waals surface area (Å²) in [6.07, 6.45) is 3.98. The fraction of sp³-hybridized carbons (Fsp3) is 0.0476. The van der Waals surface area contributed by atoms with Crippen LogP contribution in [0.1, 0.15) is 15.9 Å². The molecule has 4 rings (SSSR count). The van der Waals surface area contributed by atoms with E-state index in [2.05, 4.69) is 5.32 Å². The van der Waals surface area contributed by atoms with E-state index in [1.807, 2.05) is 60.1 Å². The maximum Gasteiger partial charge on any atom is 0.257 e. The fourth-order valence-electron chi connectivity index (χ4n) is 2.86. The molecule has 0 saturated carbocycles. The molecular weight excluding hydrogens is 346 g/mol. The average molecular weight is 362 g/mol. The van der Waals surface area contributed by atoms with Crippen LogP contribution in [0, 0.1) is 6.92 Å². The lowest BCUT2D eigenvalue weighted by Crippen LogP contribution is -2.12. The summed E-state index contributed by atoms with van der Waals surface area (Å²) < 4.78 is 2.01. The van der Waals surface area contributed by atoms with Crippen LogP contribution in [0.2, 0.25) is 5.02 Å². The summed E-state index contributed by atoms with van der Waals surface area (Å²) in [6, 6.07) is 18.6. The summed E-state index contributed by atoms with van der Waals surface area (Å²) in [6.45, 7) is 2.04. The summed E-state index contributed by atoms with van der Waals surface area (Å²) in [5.74, 6) is -0.230. The molecule has 0 saturated heterocycles. The van der Waals surface area contributed by atoms with Gasteiger partial charge in [0.15, 0.2) is 0 Å². The molecule has 4 aromatic rings. The Balaban J connectivity index is 1.57. The number of halogens is 1. The number of hydrogen-bond donors (Lipinski definition) is 1. The summed E-state index contributed by atoms with van der Waals surface area (Å²) in [7, 11) is 0. The summed E-state index contributed by atoms with van der Waals surface area (Å²) in [5, 5.41) is 3.30. The molecule has 0 bridgehead atoms. The van der Waals surface area contributed by atoms with Gasteiger partial charge in [0.25, 0.3) is 5.91 Å². The van der Waals surface area contributed by atoms with Crippen molar-refractivity contribution in [3.8, 4) is 11.3 Å². The van der Waals surface area contributed by atoms with Gasteiger partial charge < -0.3 is 9.72 Å². The first kappa shape index (κ1) is 16.4. The predicted molar refractivity (Wildman–Crippen MR) is 105 cm³/mol. The second-order valence-electron chi connectivity index (χ2n) is 6.06. The molecule has 5 heteroatoms. The number of anilines is 1. The van der Waals surface area contributed by atoms with Crippen molar-refractivity contribution < 1.29 is 4.79 Å². The lowest BCUT2D eigenvalue weighted by molar-refractivity contribution is 0.102. The smallest absolute Gasteiger partial charge is 0.257 e. The molecule has 26 heavy (non-hydrogen) atoms. The number of nitrogens with zero attached hydrogens (tertiary/aromatic N) is 2. The number of fused-ring (bicyclic) bond motifs is 1. The third kappa shape index (κ3) is 3.07. The third-order valence-corrected chi connectivity index (χ3v) is 4.56. The highest BCUT2D eigenvalue weighted by molar-refractivity contribution is 6.34. The number of amides is 1. The first-order valence-corrected chi connectivity index (χ1v) is 8.60. The van der Waals surface area contributed by atoms with Gasteiger partial charge in [-0.1, -0.05) is 41.9 Å². The van der Waals surface area contributed by atoms with Crippen molar-refractivity contribution >= 4 is 28.8 Å². The predicted octanol–water partition coefficient (Wildman–Crippen LogP) is 5.22. The standard InChI is InChI=1S/C21H16ClN3O/c1-14-5-4-12-25-13-19(24-20(14)25)15-8-10-16(11-9-15)23-21(26)17-6-2-3-7-18(17)22/h2-13H,1H3,(H,23,26). The maximum absolute atomic E-state index is 12.3. The fourth-order valence-corrected chi connectivity index (χ4v) is 3.08. The van der Waals surface area contributed by atoms with Gasteiger partial charge in [-0.05, 0) is 42.8 Å². The number of hydrogen-bond acceptors (Lipinski definition) is 2. The van der Waals surface area contributed by atoms with Crippen LogP contribution in [0.4, 0.5) is 5.69 Å². The van der Waals surface area contributed by atoms with Crippen molar-refractivity contribution in [2.24, 2.45) is 0 Å². The SMILES string of the molecule is Cc1cccn2cc(-c3ccc(NC(=O)c4ccccc4Cl)cc3)nc12. The van der Waals surface area contributed by atoms with Crippen LogP contribution in [-0.4, -0.2) is 15.3 Å². The molecule has 128 valence electrons. The van der Waals surface area contributed by atoms with Crippen molar-refractivity contribution in [2.75, 3.05) is 5.32 Å². The molecule has 1 amide bonds. The maximum atomic E-state index is 12.3. The number of aryl methyl sites for hydroxylation is 1. The molecule has 2 heterocycles. The zero-order valence-electron chi connectivity index (χ0n) is 14.1. The molecule has 4 nitrogen and oxygen atoms in total. The first-order valence-electron chi connectivity index (χ1n) is 8.22. The van der Waals surface area contributed by atoms with E-state index in [0.29, 0.717) is 16.3 Å². The lowest BCUT2D eigenvalue weighted by atomic mass is 10.1. The molecular formula is C21H16ClN3O. The molecule has 0 aliphatic rings. The van der Waals surface area contributed by atoms with Gasteiger partial charge in [0, 0.05) is 23.6 Å². The van der Waals surface area contributed by atoms with Gasteiger partial charge in [-0.15, -0.1) is 0 Å². The summed E-state index contributed by atoms with van der Waals surface area (Å²) in [5.41, 5.74) is 5.11. The second kappa shape index (κ2) is 6.65. The highest BCUT2D eigenvalue weighted by Crippen LogP contribution is 2.23. The molecule has 0 aliphatic heterocycles. The molecule has 2 aromatic heterocycles. The van der Waals surface area contributed by atoms with E-state index in [-0.39, 0.29) is 5.91 Å². The number of nitrogens with one attached hydrogen (secondary N) is 1. The Bertz CT molecular complexity index is 1100. The number of imidazole rings is 1. The van der Waals surface area contributed by atoms with Crippen LogP contribution in [0.15, 0.2) is 73.1 Å². The highest BCUT2D eigenvalue weighted by atomic mass is 35.5. The average Bonchev–Trinajstić information content (AvgIpc) is 3.08. The van der Waals surface area contributed by atoms with Crippen LogP contribution >= 0.6 is 11.6 Å². The van der Waals surface area contributed by atoms with Crippen molar-refractivity contribution in [1.29, 1.82) is 0 Å². The zero-order valence-corrected chi connectivity index (χ0v) is 14.9. The van der Waals surface area contributed by atoms with Crippen LogP contribution in [-0.2, 0) is 0 Å². The molecule has 0 spiro atoms. The Labute approximate surface area is 156 Å². The van der Waals surface area contributed by atoms with Crippen LogP contribution < -0.4 is 5.32 Å². The molecule has 0 fully saturated rings. The quantitative estimate of drug-likeness (QED) is 0.544. The van der Waals surface area contributed by atoms with Gasteiger partial charge in [-0.2, -0.15) is 0 Å². The monoisotopic (exact) mass is 361 g/mol. The van der Waals surface area contributed by atoms with Crippen molar-refractivity contribution in [3.05, 3.63) is 89.2 Å². The minimum atomic E-state index is -0.230. The normalized spacial score (nSPS) is 10.8. The minimum Gasteiger partial charge on any atom is -0.322 e. The Morgan fingerprint density at radius 1 is 1.04 bits per heavy atom. The molecule has 0 aliphatic carbocycles. The Kier molecular flexibility index (Phi) is 4.19. The second-order valence-corrected chi connectivity index (χ2v) is 6.47. The third-order valence-electron chi connectivity index (χ3n) is 4.23.